The third-order valence-electron chi connectivity index (χ3n) is 3.82. The number of methoxy groups -OCH3 is 1. The second-order valence-electron chi connectivity index (χ2n) is 5.76. The fraction of sp³-hybridized carbons (Fsp3) is 0.316. The van der Waals surface area contributed by atoms with Gasteiger partial charge in [-0.25, -0.2) is 0 Å². The molecule has 0 saturated carbocycles. The molecule has 1 amide bonds. The molecule has 1 aromatic heterocycles. The molecule has 0 fully saturated rings. The number of nitrogens with one attached hydrogen (secondary N) is 1. The molecule has 0 radical (unpaired) electrons. The van der Waals surface area contributed by atoms with Gasteiger partial charge in [-0.05, 0) is 49.8 Å². The van der Waals surface area contributed by atoms with Crippen molar-refractivity contribution in [3.63, 3.8) is 0 Å². The molecule has 6 heteroatoms. The summed E-state index contributed by atoms with van der Waals surface area (Å²) in [6.45, 7) is 4.72. The minimum Gasteiger partial charge on any atom is -0.493 e. The van der Waals surface area contributed by atoms with E-state index in [0.717, 1.165) is 17.1 Å². The van der Waals surface area contributed by atoms with Crippen LogP contribution in [0.2, 0.25) is 0 Å². The van der Waals surface area contributed by atoms with Crippen LogP contribution in [0.4, 0.5) is 0 Å². The maximum Gasteiger partial charge on any atom is 0.244 e. The summed E-state index contributed by atoms with van der Waals surface area (Å²) in [6.07, 6.45) is 3.17. The molecule has 1 atom stereocenters. The van der Waals surface area contributed by atoms with Gasteiger partial charge in [0.1, 0.15) is 24.7 Å². The van der Waals surface area contributed by atoms with Crippen molar-refractivity contribution < 1.29 is 23.4 Å². The quantitative estimate of drug-likeness (QED) is 0.844. The summed E-state index contributed by atoms with van der Waals surface area (Å²) in [6, 6.07) is 7.14. The molecule has 0 aliphatic carbocycles. The number of hydrogen-bond acceptors (Lipinski definition) is 5. The lowest BCUT2D eigenvalue weighted by atomic mass is 10.1. The van der Waals surface area contributed by atoms with Crippen LogP contribution in [-0.4, -0.2) is 26.2 Å². The van der Waals surface area contributed by atoms with E-state index in [-0.39, 0.29) is 11.9 Å². The molecular weight excluding hydrogens is 322 g/mol. The second-order valence-corrected chi connectivity index (χ2v) is 5.76. The van der Waals surface area contributed by atoms with Crippen LogP contribution in [0, 0.1) is 6.92 Å². The van der Waals surface area contributed by atoms with E-state index < -0.39 is 0 Å². The summed E-state index contributed by atoms with van der Waals surface area (Å²) in [4.78, 5) is 12.1. The summed E-state index contributed by atoms with van der Waals surface area (Å²) >= 11 is 0. The van der Waals surface area contributed by atoms with Crippen molar-refractivity contribution in [1.29, 1.82) is 0 Å². The molecule has 0 unspecified atom stereocenters. The van der Waals surface area contributed by atoms with Crippen molar-refractivity contribution in [2.75, 3.05) is 20.3 Å². The molecule has 132 valence electrons. The third kappa shape index (κ3) is 3.96. The molecule has 0 spiro atoms. The van der Waals surface area contributed by atoms with Gasteiger partial charge in [0.15, 0.2) is 11.5 Å². The molecule has 0 bridgehead atoms. The van der Waals surface area contributed by atoms with E-state index in [1.54, 1.807) is 19.3 Å². The molecule has 6 nitrogen and oxygen atoms in total. The molecule has 2 heterocycles. The Morgan fingerprint density at radius 3 is 2.80 bits per heavy atom. The summed E-state index contributed by atoms with van der Waals surface area (Å²) in [5.74, 6) is 3.12. The van der Waals surface area contributed by atoms with Crippen LogP contribution in [0.15, 0.2) is 34.8 Å². The van der Waals surface area contributed by atoms with Crippen molar-refractivity contribution in [1.82, 2.24) is 5.32 Å². The van der Waals surface area contributed by atoms with Gasteiger partial charge >= 0.3 is 0 Å². The van der Waals surface area contributed by atoms with Crippen molar-refractivity contribution in [3.8, 4) is 17.2 Å². The number of rotatable bonds is 5. The van der Waals surface area contributed by atoms with E-state index >= 15 is 0 Å². The first-order valence-corrected chi connectivity index (χ1v) is 8.09. The number of fused-ring (bicyclic) bond motifs is 1. The highest BCUT2D eigenvalue weighted by molar-refractivity contribution is 5.92. The molecular formula is C19H21NO5. The van der Waals surface area contributed by atoms with Crippen molar-refractivity contribution in [2.45, 2.75) is 19.9 Å². The fourth-order valence-corrected chi connectivity index (χ4v) is 2.58. The Hall–Kier alpha value is -2.89. The zero-order chi connectivity index (χ0) is 17.8. The lowest BCUT2D eigenvalue weighted by Gasteiger charge is -2.20. The van der Waals surface area contributed by atoms with Gasteiger partial charge in [0, 0.05) is 6.08 Å². The van der Waals surface area contributed by atoms with Crippen LogP contribution >= 0.6 is 0 Å². The maximum atomic E-state index is 12.1. The molecule has 3 rings (SSSR count). The Kier molecular flexibility index (Phi) is 4.97. The average molecular weight is 343 g/mol. The van der Waals surface area contributed by atoms with E-state index in [0.29, 0.717) is 30.5 Å². The van der Waals surface area contributed by atoms with Crippen molar-refractivity contribution in [2.24, 2.45) is 0 Å². The SMILES string of the molecule is COc1cc(/C=C/C(=O)N[C@H](C)c2ccc(C)o2)cc2c1OCCO2. The lowest BCUT2D eigenvalue weighted by Crippen LogP contribution is -2.24. The predicted molar refractivity (Wildman–Crippen MR) is 93.0 cm³/mol. The number of benzene rings is 1. The van der Waals surface area contributed by atoms with E-state index in [4.69, 9.17) is 18.6 Å². The first kappa shape index (κ1) is 17.0. The Morgan fingerprint density at radius 2 is 2.08 bits per heavy atom. The fourth-order valence-electron chi connectivity index (χ4n) is 2.58. The van der Waals surface area contributed by atoms with Gasteiger partial charge in [0.05, 0.1) is 13.2 Å². The monoisotopic (exact) mass is 343 g/mol. The van der Waals surface area contributed by atoms with Gasteiger partial charge < -0.3 is 23.9 Å². The number of hydrogen-bond donors (Lipinski definition) is 1. The maximum absolute atomic E-state index is 12.1. The number of furan rings is 1. The van der Waals surface area contributed by atoms with E-state index in [1.165, 1.54) is 6.08 Å². The molecule has 0 saturated heterocycles. The van der Waals surface area contributed by atoms with Crippen LogP contribution in [0.1, 0.15) is 30.0 Å². The molecule has 25 heavy (non-hydrogen) atoms. The van der Waals surface area contributed by atoms with E-state index in [9.17, 15) is 4.79 Å². The number of aryl methyl sites for hydroxylation is 1. The summed E-state index contributed by atoms with van der Waals surface area (Å²) in [5, 5.41) is 2.86. The predicted octanol–water partition coefficient (Wildman–Crippen LogP) is 3.26. The highest BCUT2D eigenvalue weighted by Crippen LogP contribution is 2.40. The van der Waals surface area contributed by atoms with Gasteiger partial charge in [0.25, 0.3) is 0 Å². The number of ether oxygens (including phenoxy) is 3. The highest BCUT2D eigenvalue weighted by Gasteiger charge is 2.18. The Morgan fingerprint density at radius 1 is 1.28 bits per heavy atom. The smallest absolute Gasteiger partial charge is 0.244 e. The van der Waals surface area contributed by atoms with Gasteiger partial charge in [-0.2, -0.15) is 0 Å². The van der Waals surface area contributed by atoms with Crippen molar-refractivity contribution >= 4 is 12.0 Å². The topological polar surface area (TPSA) is 69.9 Å². The second kappa shape index (κ2) is 7.34. The molecule has 1 aliphatic rings. The van der Waals surface area contributed by atoms with Crippen LogP contribution in [-0.2, 0) is 4.79 Å². The Balaban J connectivity index is 1.69. The van der Waals surface area contributed by atoms with Crippen LogP contribution in [0.25, 0.3) is 6.08 Å². The normalized spacial score (nSPS) is 14.4. The van der Waals surface area contributed by atoms with Crippen LogP contribution in [0.3, 0.4) is 0 Å². The number of amides is 1. The van der Waals surface area contributed by atoms with E-state index in [1.807, 2.05) is 32.0 Å². The average Bonchev–Trinajstić information content (AvgIpc) is 3.05. The molecule has 1 N–H and O–H groups in total. The Bertz CT molecular complexity index is 776. The number of carbonyl (C=O) groups excluding carboxylic acids is 1. The minimum atomic E-state index is -0.213. The highest BCUT2D eigenvalue weighted by atomic mass is 16.6. The van der Waals surface area contributed by atoms with Gasteiger partial charge in [-0.15, -0.1) is 0 Å². The van der Waals surface area contributed by atoms with Gasteiger partial charge in [-0.3, -0.25) is 4.79 Å². The summed E-state index contributed by atoms with van der Waals surface area (Å²) in [7, 11) is 1.57. The standard InChI is InChI=1S/C19H21NO5/c1-12-4-6-15(25-12)13(2)20-18(21)7-5-14-10-16(22-3)19-17(11-14)23-8-9-24-19/h4-7,10-11,13H,8-9H2,1-3H3,(H,20,21)/b7-5+/t13-/m1/s1. The zero-order valence-corrected chi connectivity index (χ0v) is 14.5. The molecule has 1 aromatic carbocycles. The third-order valence-corrected chi connectivity index (χ3v) is 3.82. The first-order valence-electron chi connectivity index (χ1n) is 8.09. The summed E-state index contributed by atoms with van der Waals surface area (Å²) < 4.78 is 22.0. The van der Waals surface area contributed by atoms with Crippen molar-refractivity contribution in [3.05, 3.63) is 47.4 Å². The molecule has 2 aromatic rings. The van der Waals surface area contributed by atoms with Crippen LogP contribution in [0.5, 0.6) is 17.2 Å². The zero-order valence-electron chi connectivity index (χ0n) is 14.5. The minimum absolute atomic E-state index is 0.208. The van der Waals surface area contributed by atoms with Gasteiger partial charge in [0.2, 0.25) is 11.7 Å². The lowest BCUT2D eigenvalue weighted by molar-refractivity contribution is -0.117. The Labute approximate surface area is 146 Å². The number of carbonyl (C=O) groups is 1. The largest absolute Gasteiger partial charge is 0.493 e. The van der Waals surface area contributed by atoms with Gasteiger partial charge in [-0.1, -0.05) is 0 Å². The summed E-state index contributed by atoms with van der Waals surface area (Å²) in [5.41, 5.74) is 0.790. The first-order chi connectivity index (χ1) is 12.1. The molecule has 1 aliphatic heterocycles. The van der Waals surface area contributed by atoms with E-state index in [2.05, 4.69) is 5.32 Å². The van der Waals surface area contributed by atoms with Crippen LogP contribution < -0.4 is 19.5 Å².